The van der Waals surface area contributed by atoms with E-state index in [1.54, 1.807) is 17.0 Å². The maximum absolute atomic E-state index is 13.3. The van der Waals surface area contributed by atoms with Crippen molar-refractivity contribution >= 4 is 12.0 Å². The normalized spacial score (nSPS) is 33.4. The number of likely N-dealkylation sites (N-methyl/N-ethyl adjacent to an activating group) is 1. The predicted octanol–water partition coefficient (Wildman–Crippen LogP) is 3.50. The molecule has 2 aromatic rings. The molecule has 1 amide bonds. The molecule has 3 aliphatic carbocycles. The van der Waals surface area contributed by atoms with Gasteiger partial charge in [-0.05, 0) is 74.3 Å². The Labute approximate surface area is 254 Å². The summed E-state index contributed by atoms with van der Waals surface area (Å²) in [5.74, 6) is 1.34. The summed E-state index contributed by atoms with van der Waals surface area (Å²) in [5, 5.41) is 23.4. The number of aromatic hydroxyl groups is 1. The van der Waals surface area contributed by atoms with Crippen molar-refractivity contribution in [1.29, 1.82) is 0 Å². The molecular weight excluding hydrogens is 679 g/mol. The molecule has 1 radical (unpaired) electrons. The molecule has 7 heteroatoms. The van der Waals surface area contributed by atoms with Crippen LogP contribution in [0.4, 0.5) is 0 Å². The van der Waals surface area contributed by atoms with Crippen LogP contribution in [0, 0.1) is 50.0 Å². The van der Waals surface area contributed by atoms with Crippen molar-refractivity contribution in [3.63, 3.8) is 0 Å². The first-order chi connectivity index (χ1) is 17.4. The Morgan fingerprint density at radius 1 is 1.16 bits per heavy atom. The minimum absolute atomic E-state index is 0. The minimum atomic E-state index is -0.933. The topological polar surface area (TPSA) is 73.2 Å². The Balaban J connectivity index is 0.00000252. The Bertz CT molecular complexity index is 1250. The second-order valence-corrected chi connectivity index (χ2v) is 11.6. The zero-order chi connectivity index (χ0) is 24.7. The van der Waals surface area contributed by atoms with Crippen LogP contribution < -0.4 is 4.74 Å². The molecule has 7 rings (SSSR count). The fourth-order valence-corrected chi connectivity index (χ4v) is 7.86. The van der Waals surface area contributed by atoms with Crippen LogP contribution in [0.3, 0.4) is 0 Å². The summed E-state index contributed by atoms with van der Waals surface area (Å²) in [7, 11) is 1.85. The standard InChI is InChI=1S/C30H34N2O4.Ac/c1-31(25(34)12-9-19-5-3-2-4-6-19)22-13-14-30(35)24-17-21-10-11-23(33)27-26(21)29(30,28(22)36-27)15-16-32(24)18-20-7-8-20;/h2-6,9-12,20,22,24,28,33,35H,7-8,13-18H2,1H3;/b12-9+;/t22?,24-,28?,29+,30?;/m1./s1. The van der Waals surface area contributed by atoms with E-state index >= 15 is 0 Å². The van der Waals surface area contributed by atoms with Crippen molar-refractivity contribution in [3.8, 4) is 11.5 Å². The van der Waals surface area contributed by atoms with Gasteiger partial charge in [-0.2, -0.15) is 0 Å². The second kappa shape index (κ2) is 9.37. The van der Waals surface area contributed by atoms with Crippen molar-refractivity contribution in [3.05, 3.63) is 65.2 Å². The number of piperidine rings is 1. The zero-order valence-corrected chi connectivity index (χ0v) is 26.1. The van der Waals surface area contributed by atoms with Crippen LogP contribution in [-0.2, 0) is 16.6 Å². The molecule has 2 aliphatic heterocycles. The van der Waals surface area contributed by atoms with Gasteiger partial charge >= 0.3 is 0 Å². The van der Waals surface area contributed by atoms with E-state index in [1.807, 2.05) is 49.5 Å². The number of aliphatic hydroxyl groups is 1. The number of hydrogen-bond donors (Lipinski definition) is 2. The Morgan fingerprint density at radius 3 is 2.70 bits per heavy atom. The fourth-order valence-electron chi connectivity index (χ4n) is 7.86. The molecule has 1 spiro atoms. The van der Waals surface area contributed by atoms with E-state index in [4.69, 9.17) is 4.74 Å². The van der Waals surface area contributed by atoms with Crippen molar-refractivity contribution < 1.29 is 63.8 Å². The zero-order valence-electron chi connectivity index (χ0n) is 21.3. The van der Waals surface area contributed by atoms with Gasteiger partial charge in [-0.15, -0.1) is 0 Å². The molecule has 2 aromatic carbocycles. The van der Waals surface area contributed by atoms with Crippen molar-refractivity contribution in [2.24, 2.45) is 5.92 Å². The number of rotatable bonds is 5. The molecule has 1 saturated heterocycles. The monoisotopic (exact) mass is 713 g/mol. The summed E-state index contributed by atoms with van der Waals surface area (Å²) >= 11 is 0. The first-order valence-corrected chi connectivity index (χ1v) is 13.4. The van der Waals surface area contributed by atoms with E-state index < -0.39 is 11.0 Å². The number of benzene rings is 2. The smallest absolute Gasteiger partial charge is 0.246 e. The maximum Gasteiger partial charge on any atom is 0.246 e. The van der Waals surface area contributed by atoms with E-state index in [0.717, 1.165) is 43.0 Å². The van der Waals surface area contributed by atoms with E-state index in [-0.39, 0.29) is 73.9 Å². The van der Waals surface area contributed by atoms with E-state index in [2.05, 4.69) is 4.90 Å². The van der Waals surface area contributed by atoms with Crippen LogP contribution in [-0.4, -0.2) is 69.8 Å². The van der Waals surface area contributed by atoms with Gasteiger partial charge in [-0.3, -0.25) is 9.69 Å². The molecule has 2 saturated carbocycles. The van der Waals surface area contributed by atoms with Crippen molar-refractivity contribution in [2.75, 3.05) is 20.1 Å². The van der Waals surface area contributed by atoms with Gasteiger partial charge in [0.1, 0.15) is 6.10 Å². The quantitative estimate of drug-likeness (QED) is 0.465. The molecule has 2 heterocycles. The molecule has 2 N–H and O–H groups in total. The van der Waals surface area contributed by atoms with Crippen molar-refractivity contribution in [1.82, 2.24) is 9.80 Å². The number of amides is 1. The number of nitrogens with zero attached hydrogens (tertiary/aromatic N) is 2. The molecule has 5 atom stereocenters. The van der Waals surface area contributed by atoms with Crippen LogP contribution in [0.15, 0.2) is 48.5 Å². The fraction of sp³-hybridized carbons (Fsp3) is 0.500. The van der Waals surface area contributed by atoms with Gasteiger partial charge in [0.05, 0.1) is 17.1 Å². The number of likely N-dealkylation sites (tertiary alicyclic amines) is 1. The molecule has 5 aliphatic rings. The van der Waals surface area contributed by atoms with Gasteiger partial charge in [0, 0.05) is 75.3 Å². The third kappa shape index (κ3) is 3.79. The van der Waals surface area contributed by atoms with Crippen molar-refractivity contribution in [2.45, 2.75) is 67.7 Å². The second-order valence-electron chi connectivity index (χ2n) is 11.6. The van der Waals surface area contributed by atoms with Gasteiger partial charge in [0.25, 0.3) is 0 Å². The van der Waals surface area contributed by atoms with Gasteiger partial charge in [0.2, 0.25) is 5.91 Å². The Kier molecular flexibility index (Phi) is 6.55. The van der Waals surface area contributed by atoms with Gasteiger partial charge < -0.3 is 19.8 Å². The minimum Gasteiger partial charge on any atom is -0.504 e. The van der Waals surface area contributed by atoms with Gasteiger partial charge in [-0.1, -0.05) is 36.4 Å². The van der Waals surface area contributed by atoms with E-state index in [0.29, 0.717) is 18.6 Å². The summed E-state index contributed by atoms with van der Waals surface area (Å²) in [6, 6.07) is 13.4. The van der Waals surface area contributed by atoms with Gasteiger partial charge in [-0.25, -0.2) is 0 Å². The van der Waals surface area contributed by atoms with Crippen LogP contribution in [0.25, 0.3) is 6.08 Å². The van der Waals surface area contributed by atoms with Crippen LogP contribution in [0.2, 0.25) is 0 Å². The summed E-state index contributed by atoms with van der Waals surface area (Å²) in [5.41, 5.74) is 1.62. The Morgan fingerprint density at radius 2 is 1.95 bits per heavy atom. The van der Waals surface area contributed by atoms with Gasteiger partial charge in [0.15, 0.2) is 11.5 Å². The summed E-state index contributed by atoms with van der Waals surface area (Å²) in [6.45, 7) is 1.97. The molecule has 2 bridgehead atoms. The summed E-state index contributed by atoms with van der Waals surface area (Å²) in [6.07, 6.45) is 8.51. The number of ether oxygens (including phenoxy) is 1. The third-order valence-electron chi connectivity index (χ3n) is 9.79. The molecule has 37 heavy (non-hydrogen) atoms. The first kappa shape index (κ1) is 25.9. The number of phenols is 1. The van der Waals surface area contributed by atoms with Crippen LogP contribution in [0.5, 0.6) is 11.5 Å². The number of phenolic OH excluding ortho intramolecular Hbond substituents is 1. The molecular formula is C30H34AcN2O4. The maximum atomic E-state index is 13.3. The third-order valence-corrected chi connectivity index (χ3v) is 9.79. The number of hydrogen-bond acceptors (Lipinski definition) is 5. The molecule has 6 nitrogen and oxygen atoms in total. The van der Waals surface area contributed by atoms with E-state index in [1.165, 1.54) is 18.4 Å². The average molecular weight is 714 g/mol. The van der Waals surface area contributed by atoms with E-state index in [9.17, 15) is 15.0 Å². The van der Waals surface area contributed by atoms with Crippen LogP contribution in [0.1, 0.15) is 48.8 Å². The predicted molar refractivity (Wildman–Crippen MR) is 137 cm³/mol. The van der Waals surface area contributed by atoms with Crippen LogP contribution >= 0.6 is 0 Å². The first-order valence-electron chi connectivity index (χ1n) is 13.4. The molecule has 3 unspecified atom stereocenters. The average Bonchev–Trinajstić information content (AvgIpc) is 3.63. The SMILES string of the molecule is CN(C(=O)/C=C/c1ccccc1)C1CCC2(O)[C@H]3Cc4ccc(O)c5c4[C@@]2(CCN3CC2CC2)C1O5.[Ac]. The number of carbonyl (C=O) groups excluding carboxylic acids is 1. The molecule has 3 fully saturated rings. The molecule has 0 aromatic heterocycles. The molecule has 191 valence electrons. The number of carbonyl (C=O) groups is 1. The summed E-state index contributed by atoms with van der Waals surface area (Å²) in [4.78, 5) is 17.6. The Hall–Kier alpha value is -1.39. The largest absolute Gasteiger partial charge is 0.504 e. The summed E-state index contributed by atoms with van der Waals surface area (Å²) < 4.78 is 6.60.